The summed E-state index contributed by atoms with van der Waals surface area (Å²) < 4.78 is 17.7. The maximum atomic E-state index is 12.9. The molecule has 0 aromatic heterocycles. The van der Waals surface area contributed by atoms with Gasteiger partial charge in [0.25, 0.3) is 0 Å². The molecule has 0 saturated carbocycles. The molecule has 4 heteroatoms. The number of hydrogen-bond acceptors (Lipinski definition) is 3. The van der Waals surface area contributed by atoms with E-state index < -0.39 is 12.3 Å². The van der Waals surface area contributed by atoms with Crippen molar-refractivity contribution in [2.75, 3.05) is 33.4 Å². The van der Waals surface area contributed by atoms with Gasteiger partial charge in [0.1, 0.15) is 6.17 Å². The van der Waals surface area contributed by atoms with Crippen molar-refractivity contribution in [1.82, 2.24) is 4.90 Å². The fourth-order valence-corrected chi connectivity index (χ4v) is 1.71. The molecule has 0 aromatic carbocycles. The minimum atomic E-state index is -0.719. The third-order valence-electron chi connectivity index (χ3n) is 2.28. The molecule has 0 unspecified atom stereocenters. The van der Waals surface area contributed by atoms with Gasteiger partial charge in [0.05, 0.1) is 12.7 Å². The lowest BCUT2D eigenvalue weighted by molar-refractivity contribution is 0.0235. The zero-order valence-corrected chi connectivity index (χ0v) is 8.08. The van der Waals surface area contributed by atoms with E-state index in [1.165, 1.54) is 0 Å². The largest absolute Gasteiger partial charge is 0.389 e. The lowest BCUT2D eigenvalue weighted by atomic mass is 10.1. The molecule has 1 N–H and O–H groups in total. The molecule has 0 aromatic rings. The van der Waals surface area contributed by atoms with Crippen molar-refractivity contribution in [3.05, 3.63) is 0 Å². The molecule has 1 rings (SSSR count). The van der Waals surface area contributed by atoms with Crippen LogP contribution in [0, 0.1) is 0 Å². The lowest BCUT2D eigenvalue weighted by Gasteiger charge is -2.30. The van der Waals surface area contributed by atoms with Crippen LogP contribution in [0.1, 0.15) is 12.8 Å². The molecule has 0 spiro atoms. The van der Waals surface area contributed by atoms with Crippen LogP contribution in [0.15, 0.2) is 0 Å². The van der Waals surface area contributed by atoms with E-state index in [2.05, 4.69) is 0 Å². The number of aliphatic hydroxyl groups is 1. The second kappa shape index (κ2) is 5.52. The standard InChI is InChI=1S/C9H18FNO2/c1-13-7-9(12)6-11-4-2-3-8(10)5-11/h8-9,12H,2-7H2,1H3/t8-,9+/m0/s1. The Labute approximate surface area is 78.5 Å². The van der Waals surface area contributed by atoms with E-state index in [4.69, 9.17) is 4.74 Å². The molecule has 1 heterocycles. The maximum absolute atomic E-state index is 12.9. The molecular formula is C9H18FNO2. The average Bonchev–Trinajstić information content (AvgIpc) is 2.04. The van der Waals surface area contributed by atoms with Crippen LogP contribution in [0.5, 0.6) is 0 Å². The highest BCUT2D eigenvalue weighted by molar-refractivity contribution is 4.74. The monoisotopic (exact) mass is 191 g/mol. The number of nitrogens with zero attached hydrogens (tertiary/aromatic N) is 1. The second-order valence-corrected chi connectivity index (χ2v) is 3.61. The van der Waals surface area contributed by atoms with Gasteiger partial charge in [-0.25, -0.2) is 4.39 Å². The van der Waals surface area contributed by atoms with Crippen molar-refractivity contribution >= 4 is 0 Å². The summed E-state index contributed by atoms with van der Waals surface area (Å²) in [4.78, 5) is 1.96. The SMILES string of the molecule is COC[C@H](O)CN1CCC[C@H](F)C1. The molecule has 0 aliphatic carbocycles. The van der Waals surface area contributed by atoms with Crippen LogP contribution in [-0.4, -0.2) is 55.6 Å². The van der Waals surface area contributed by atoms with Crippen LogP contribution in [0.4, 0.5) is 4.39 Å². The van der Waals surface area contributed by atoms with Gasteiger partial charge >= 0.3 is 0 Å². The number of rotatable bonds is 4. The van der Waals surface area contributed by atoms with Gasteiger partial charge in [0.2, 0.25) is 0 Å². The Hall–Kier alpha value is -0.190. The molecule has 3 nitrogen and oxygen atoms in total. The highest BCUT2D eigenvalue weighted by Gasteiger charge is 2.20. The number of piperidine rings is 1. The summed E-state index contributed by atoms with van der Waals surface area (Å²) >= 11 is 0. The molecular weight excluding hydrogens is 173 g/mol. The second-order valence-electron chi connectivity index (χ2n) is 3.61. The van der Waals surface area contributed by atoms with E-state index in [1.807, 2.05) is 4.90 Å². The number of β-amino-alcohol motifs (C(OH)–C–C–N with tert-alkyl or cyclic N) is 1. The average molecular weight is 191 g/mol. The van der Waals surface area contributed by atoms with Crippen LogP contribution in [0.2, 0.25) is 0 Å². The highest BCUT2D eigenvalue weighted by Crippen LogP contribution is 2.12. The minimum absolute atomic E-state index is 0.327. The predicted molar refractivity (Wildman–Crippen MR) is 48.5 cm³/mol. The van der Waals surface area contributed by atoms with Gasteiger partial charge < -0.3 is 9.84 Å². The summed E-state index contributed by atoms with van der Waals surface area (Å²) in [7, 11) is 1.55. The normalized spacial score (nSPS) is 27.5. The lowest BCUT2D eigenvalue weighted by Crippen LogP contribution is -2.42. The van der Waals surface area contributed by atoms with Crippen LogP contribution < -0.4 is 0 Å². The van der Waals surface area contributed by atoms with E-state index in [0.29, 0.717) is 26.1 Å². The first-order chi connectivity index (χ1) is 6.22. The van der Waals surface area contributed by atoms with E-state index in [9.17, 15) is 9.50 Å². The zero-order valence-electron chi connectivity index (χ0n) is 8.08. The number of methoxy groups -OCH3 is 1. The van der Waals surface area contributed by atoms with Crippen LogP contribution in [0.25, 0.3) is 0 Å². The van der Waals surface area contributed by atoms with Gasteiger partial charge in [0.15, 0.2) is 0 Å². The third-order valence-corrected chi connectivity index (χ3v) is 2.28. The number of alkyl halides is 1. The van der Waals surface area contributed by atoms with Crippen molar-refractivity contribution < 1.29 is 14.2 Å². The predicted octanol–water partition coefficient (Wildman–Crippen LogP) is 0.428. The number of ether oxygens (including phenoxy) is 1. The highest BCUT2D eigenvalue weighted by atomic mass is 19.1. The Balaban J connectivity index is 2.19. The Kier molecular flexibility index (Phi) is 4.62. The zero-order chi connectivity index (χ0) is 9.68. The van der Waals surface area contributed by atoms with E-state index >= 15 is 0 Å². The van der Waals surface area contributed by atoms with Gasteiger partial charge in [-0.3, -0.25) is 4.90 Å². The van der Waals surface area contributed by atoms with Crippen molar-refractivity contribution in [2.45, 2.75) is 25.1 Å². The summed E-state index contributed by atoms with van der Waals surface area (Å²) in [6, 6.07) is 0. The molecule has 1 fully saturated rings. The van der Waals surface area contributed by atoms with Crippen LogP contribution >= 0.6 is 0 Å². The summed E-state index contributed by atoms with van der Waals surface area (Å²) in [6.07, 6.45) is 0.344. The molecule has 1 aliphatic heterocycles. The number of aliphatic hydroxyl groups excluding tert-OH is 1. The summed E-state index contributed by atoms with van der Waals surface area (Å²) in [5.41, 5.74) is 0. The number of halogens is 1. The molecule has 0 radical (unpaired) electrons. The Morgan fingerprint density at radius 2 is 2.46 bits per heavy atom. The minimum Gasteiger partial charge on any atom is -0.389 e. The molecule has 1 saturated heterocycles. The van der Waals surface area contributed by atoms with Crippen molar-refractivity contribution in [1.29, 1.82) is 0 Å². The van der Waals surface area contributed by atoms with Crippen LogP contribution in [-0.2, 0) is 4.74 Å². The first-order valence-electron chi connectivity index (χ1n) is 4.76. The molecule has 2 atom stereocenters. The van der Waals surface area contributed by atoms with Gasteiger partial charge in [-0.2, -0.15) is 0 Å². The third kappa shape index (κ3) is 4.02. The summed E-state index contributed by atoms with van der Waals surface area (Å²) in [5, 5.41) is 9.40. The molecule has 0 amide bonds. The smallest absolute Gasteiger partial charge is 0.113 e. The van der Waals surface area contributed by atoms with E-state index in [-0.39, 0.29) is 0 Å². The number of hydrogen-bond donors (Lipinski definition) is 1. The van der Waals surface area contributed by atoms with Gasteiger partial charge in [-0.1, -0.05) is 0 Å². The molecule has 78 valence electrons. The summed E-state index contributed by atoms with van der Waals surface area (Å²) in [6.45, 7) is 2.20. The maximum Gasteiger partial charge on any atom is 0.113 e. The quantitative estimate of drug-likeness (QED) is 0.699. The van der Waals surface area contributed by atoms with Crippen molar-refractivity contribution in [3.8, 4) is 0 Å². The van der Waals surface area contributed by atoms with Gasteiger partial charge in [-0.05, 0) is 19.4 Å². The Bertz CT molecular complexity index is 146. The first-order valence-corrected chi connectivity index (χ1v) is 4.76. The van der Waals surface area contributed by atoms with Gasteiger partial charge in [-0.15, -0.1) is 0 Å². The van der Waals surface area contributed by atoms with Gasteiger partial charge in [0, 0.05) is 20.2 Å². The molecule has 13 heavy (non-hydrogen) atoms. The van der Waals surface area contributed by atoms with Crippen molar-refractivity contribution in [2.24, 2.45) is 0 Å². The Morgan fingerprint density at radius 3 is 3.08 bits per heavy atom. The van der Waals surface area contributed by atoms with E-state index in [0.717, 1.165) is 13.0 Å². The summed E-state index contributed by atoms with van der Waals surface area (Å²) in [5.74, 6) is 0. The van der Waals surface area contributed by atoms with Crippen molar-refractivity contribution in [3.63, 3.8) is 0 Å². The Morgan fingerprint density at radius 1 is 1.69 bits per heavy atom. The fraction of sp³-hybridized carbons (Fsp3) is 1.00. The molecule has 1 aliphatic rings. The number of likely N-dealkylation sites (tertiary alicyclic amines) is 1. The van der Waals surface area contributed by atoms with E-state index in [1.54, 1.807) is 7.11 Å². The first kappa shape index (κ1) is 10.9. The molecule has 0 bridgehead atoms. The fourth-order valence-electron chi connectivity index (χ4n) is 1.71. The van der Waals surface area contributed by atoms with Crippen LogP contribution in [0.3, 0.4) is 0 Å². The topological polar surface area (TPSA) is 32.7 Å².